The third-order valence-corrected chi connectivity index (χ3v) is 2.09. The molecule has 0 bridgehead atoms. The molecule has 0 aliphatic carbocycles. The molecular weight excluding hydrogens is 229 g/mol. The van der Waals surface area contributed by atoms with E-state index in [2.05, 4.69) is 4.98 Å². The molecular formula is C9H6ClF3N2. The lowest BCUT2D eigenvalue weighted by atomic mass is 10.1. The fourth-order valence-electron chi connectivity index (χ4n) is 1.01. The van der Waals surface area contributed by atoms with Gasteiger partial charge in [-0.1, -0.05) is 11.6 Å². The van der Waals surface area contributed by atoms with Gasteiger partial charge in [0.05, 0.1) is 11.6 Å². The average molecular weight is 235 g/mol. The van der Waals surface area contributed by atoms with E-state index in [0.717, 1.165) is 6.07 Å². The number of pyridine rings is 1. The van der Waals surface area contributed by atoms with Crippen LogP contribution in [0.3, 0.4) is 0 Å². The van der Waals surface area contributed by atoms with Gasteiger partial charge in [0.1, 0.15) is 5.15 Å². The Kier molecular flexibility index (Phi) is 3.53. The Morgan fingerprint density at radius 2 is 2.13 bits per heavy atom. The normalized spacial score (nSPS) is 11.1. The van der Waals surface area contributed by atoms with Crippen LogP contribution < -0.4 is 0 Å². The molecule has 1 heterocycles. The van der Waals surface area contributed by atoms with Gasteiger partial charge in [0.15, 0.2) is 0 Å². The Hall–Kier alpha value is -1.28. The van der Waals surface area contributed by atoms with Crippen LogP contribution in [0.15, 0.2) is 12.3 Å². The van der Waals surface area contributed by atoms with Crippen LogP contribution in [0.2, 0.25) is 5.15 Å². The Morgan fingerprint density at radius 3 is 2.67 bits per heavy atom. The third-order valence-electron chi connectivity index (χ3n) is 1.75. The van der Waals surface area contributed by atoms with E-state index in [1.165, 1.54) is 0 Å². The first-order chi connectivity index (χ1) is 6.95. The molecule has 0 radical (unpaired) electrons. The molecule has 0 spiro atoms. The lowest BCUT2D eigenvalue weighted by Crippen LogP contribution is -2.06. The number of nitriles is 1. The standard InChI is InChI=1S/C9H6ClF3N2/c10-8-6(2-1-3-14)4-7(5-15-8)9(11,12)13/h4-5H,1-2H2. The minimum Gasteiger partial charge on any atom is -0.244 e. The summed E-state index contributed by atoms with van der Waals surface area (Å²) in [4.78, 5) is 3.43. The lowest BCUT2D eigenvalue weighted by molar-refractivity contribution is -0.137. The number of aromatic nitrogens is 1. The molecule has 0 saturated heterocycles. The summed E-state index contributed by atoms with van der Waals surface area (Å²) >= 11 is 5.59. The summed E-state index contributed by atoms with van der Waals surface area (Å²) in [5.41, 5.74) is -0.604. The number of alkyl halides is 3. The molecule has 80 valence electrons. The second-order valence-electron chi connectivity index (χ2n) is 2.83. The number of nitrogens with zero attached hydrogens (tertiary/aromatic N) is 2. The highest BCUT2D eigenvalue weighted by Gasteiger charge is 2.31. The predicted octanol–water partition coefficient (Wildman–Crippen LogP) is 3.21. The highest BCUT2D eigenvalue weighted by Crippen LogP contribution is 2.30. The van der Waals surface area contributed by atoms with Gasteiger partial charge < -0.3 is 0 Å². The van der Waals surface area contributed by atoms with Crippen molar-refractivity contribution in [2.45, 2.75) is 19.0 Å². The van der Waals surface area contributed by atoms with Gasteiger partial charge in [-0.05, 0) is 18.1 Å². The molecule has 0 saturated carbocycles. The number of hydrogen-bond donors (Lipinski definition) is 0. The Balaban J connectivity index is 3.01. The molecule has 0 aromatic carbocycles. The van der Waals surface area contributed by atoms with E-state index in [0.29, 0.717) is 6.20 Å². The zero-order chi connectivity index (χ0) is 11.5. The molecule has 1 aromatic rings. The molecule has 6 heteroatoms. The quantitative estimate of drug-likeness (QED) is 0.737. The number of aryl methyl sites for hydroxylation is 1. The van der Waals surface area contributed by atoms with E-state index in [4.69, 9.17) is 16.9 Å². The van der Waals surface area contributed by atoms with Crippen LogP contribution in [0.1, 0.15) is 17.5 Å². The maximum atomic E-state index is 12.3. The molecule has 1 rings (SSSR count). The summed E-state index contributed by atoms with van der Waals surface area (Å²) in [6, 6.07) is 2.76. The fraction of sp³-hybridized carbons (Fsp3) is 0.333. The summed E-state index contributed by atoms with van der Waals surface area (Å²) in [6.45, 7) is 0. The van der Waals surface area contributed by atoms with Gasteiger partial charge in [0.25, 0.3) is 0 Å². The van der Waals surface area contributed by atoms with Crippen molar-refractivity contribution in [3.05, 3.63) is 28.5 Å². The van der Waals surface area contributed by atoms with Crippen LogP contribution in [-0.4, -0.2) is 4.98 Å². The second kappa shape index (κ2) is 4.49. The summed E-state index contributed by atoms with van der Waals surface area (Å²) < 4.78 is 36.8. The van der Waals surface area contributed by atoms with E-state index in [1.54, 1.807) is 0 Å². The summed E-state index contributed by atoms with van der Waals surface area (Å²) in [5, 5.41) is 8.32. The first-order valence-corrected chi connectivity index (χ1v) is 4.41. The van der Waals surface area contributed by atoms with Crippen molar-refractivity contribution in [1.29, 1.82) is 5.26 Å². The van der Waals surface area contributed by atoms with Crippen LogP contribution in [-0.2, 0) is 12.6 Å². The molecule has 0 unspecified atom stereocenters. The van der Waals surface area contributed by atoms with Crippen molar-refractivity contribution in [1.82, 2.24) is 4.98 Å². The first-order valence-electron chi connectivity index (χ1n) is 4.03. The number of rotatable bonds is 2. The first kappa shape index (κ1) is 11.8. The van der Waals surface area contributed by atoms with Gasteiger partial charge in [-0.3, -0.25) is 0 Å². The Morgan fingerprint density at radius 1 is 1.47 bits per heavy atom. The Bertz CT molecular complexity index is 395. The van der Waals surface area contributed by atoms with Gasteiger partial charge >= 0.3 is 6.18 Å². The van der Waals surface area contributed by atoms with Gasteiger partial charge in [0.2, 0.25) is 0 Å². The van der Waals surface area contributed by atoms with Crippen molar-refractivity contribution >= 4 is 11.6 Å². The fourth-order valence-corrected chi connectivity index (χ4v) is 1.21. The van der Waals surface area contributed by atoms with Crippen LogP contribution in [0, 0.1) is 11.3 Å². The smallest absolute Gasteiger partial charge is 0.244 e. The largest absolute Gasteiger partial charge is 0.417 e. The van der Waals surface area contributed by atoms with E-state index < -0.39 is 11.7 Å². The van der Waals surface area contributed by atoms with Crippen LogP contribution in [0.4, 0.5) is 13.2 Å². The van der Waals surface area contributed by atoms with E-state index in [-0.39, 0.29) is 23.6 Å². The van der Waals surface area contributed by atoms with E-state index >= 15 is 0 Å². The van der Waals surface area contributed by atoms with Gasteiger partial charge in [-0.15, -0.1) is 0 Å². The summed E-state index contributed by atoms with van der Waals surface area (Å²) in [7, 11) is 0. The van der Waals surface area contributed by atoms with Crippen molar-refractivity contribution in [2.75, 3.05) is 0 Å². The SMILES string of the molecule is N#CCCc1cc(C(F)(F)F)cnc1Cl. The minimum atomic E-state index is -4.43. The summed E-state index contributed by atoms with van der Waals surface area (Å²) in [6.07, 6.45) is -3.47. The van der Waals surface area contributed by atoms with Crippen molar-refractivity contribution in [2.24, 2.45) is 0 Å². The third kappa shape index (κ3) is 3.10. The zero-order valence-electron chi connectivity index (χ0n) is 7.48. The van der Waals surface area contributed by atoms with Crippen molar-refractivity contribution in [3.63, 3.8) is 0 Å². The highest BCUT2D eigenvalue weighted by atomic mass is 35.5. The summed E-state index contributed by atoms with van der Waals surface area (Å²) in [5.74, 6) is 0. The average Bonchev–Trinajstić information content (AvgIpc) is 2.15. The van der Waals surface area contributed by atoms with Crippen molar-refractivity contribution < 1.29 is 13.2 Å². The molecule has 1 aromatic heterocycles. The van der Waals surface area contributed by atoms with Crippen LogP contribution >= 0.6 is 11.6 Å². The van der Waals surface area contributed by atoms with Crippen LogP contribution in [0.5, 0.6) is 0 Å². The monoisotopic (exact) mass is 234 g/mol. The highest BCUT2D eigenvalue weighted by molar-refractivity contribution is 6.30. The predicted molar refractivity (Wildman–Crippen MR) is 48.2 cm³/mol. The molecule has 0 amide bonds. The molecule has 2 nitrogen and oxygen atoms in total. The van der Waals surface area contributed by atoms with E-state index in [1.807, 2.05) is 6.07 Å². The van der Waals surface area contributed by atoms with E-state index in [9.17, 15) is 13.2 Å². The lowest BCUT2D eigenvalue weighted by Gasteiger charge is -2.08. The molecule has 0 atom stereocenters. The molecule has 0 aliphatic rings. The van der Waals surface area contributed by atoms with Crippen LogP contribution in [0.25, 0.3) is 0 Å². The molecule has 0 aliphatic heterocycles. The minimum absolute atomic E-state index is 0.0123. The molecule has 15 heavy (non-hydrogen) atoms. The molecule has 0 N–H and O–H groups in total. The maximum absolute atomic E-state index is 12.3. The topological polar surface area (TPSA) is 36.7 Å². The number of halogens is 4. The second-order valence-corrected chi connectivity index (χ2v) is 3.19. The van der Waals surface area contributed by atoms with Gasteiger partial charge in [-0.25, -0.2) is 4.98 Å². The zero-order valence-corrected chi connectivity index (χ0v) is 8.23. The van der Waals surface area contributed by atoms with Crippen molar-refractivity contribution in [3.8, 4) is 6.07 Å². The van der Waals surface area contributed by atoms with Gasteiger partial charge in [0, 0.05) is 12.6 Å². The molecule has 0 fully saturated rings. The number of hydrogen-bond acceptors (Lipinski definition) is 2. The van der Waals surface area contributed by atoms with Gasteiger partial charge in [-0.2, -0.15) is 18.4 Å². The Labute approximate surface area is 89.3 Å². The maximum Gasteiger partial charge on any atom is 0.417 e.